The molecule has 1 N–H and O–H groups in total. The number of benzene rings is 3. The average Bonchev–Trinajstić information content (AvgIpc) is 2.90. The quantitative estimate of drug-likeness (QED) is 0.285. The fraction of sp³-hybridized carbons (Fsp3) is 0.333. The van der Waals surface area contributed by atoms with Gasteiger partial charge in [-0.1, -0.05) is 77.7 Å². The third-order valence-corrected chi connectivity index (χ3v) is 8.89. The number of sulfonamides is 1. The highest BCUT2D eigenvalue weighted by Crippen LogP contribution is 2.30. The van der Waals surface area contributed by atoms with Gasteiger partial charge in [0.2, 0.25) is 11.8 Å². The van der Waals surface area contributed by atoms with E-state index in [1.54, 1.807) is 19.1 Å². The van der Waals surface area contributed by atoms with E-state index in [-0.39, 0.29) is 39.1 Å². The van der Waals surface area contributed by atoms with Gasteiger partial charge in [0.05, 0.1) is 10.6 Å². The highest BCUT2D eigenvalue weighted by molar-refractivity contribution is 7.92. The molecule has 2 amide bonds. The predicted molar refractivity (Wildman–Crippen MR) is 161 cm³/mol. The summed E-state index contributed by atoms with van der Waals surface area (Å²) in [5.74, 6) is -0.882. The summed E-state index contributed by atoms with van der Waals surface area (Å²) in [6, 6.07) is 17.4. The molecule has 0 fully saturated rings. The van der Waals surface area contributed by atoms with Crippen molar-refractivity contribution in [1.82, 2.24) is 10.2 Å². The Morgan fingerprint density at radius 2 is 1.40 bits per heavy atom. The van der Waals surface area contributed by atoms with Crippen LogP contribution in [0.3, 0.4) is 0 Å². The van der Waals surface area contributed by atoms with E-state index in [1.165, 1.54) is 35.2 Å². The molecule has 10 heteroatoms. The summed E-state index contributed by atoms with van der Waals surface area (Å²) in [5.41, 5.74) is 2.88. The van der Waals surface area contributed by atoms with Gasteiger partial charge < -0.3 is 10.2 Å². The van der Waals surface area contributed by atoms with Gasteiger partial charge in [-0.05, 0) is 70.0 Å². The number of carbonyl (C=O) groups is 2. The molecule has 0 bridgehead atoms. The molecule has 0 saturated carbocycles. The minimum absolute atomic E-state index is 0.00893. The summed E-state index contributed by atoms with van der Waals surface area (Å²) >= 11 is 12.5. The van der Waals surface area contributed by atoms with Crippen molar-refractivity contribution in [2.45, 2.75) is 64.6 Å². The molecule has 0 aliphatic heterocycles. The summed E-state index contributed by atoms with van der Waals surface area (Å²) in [6.45, 7) is 8.83. The Morgan fingerprint density at radius 1 is 0.875 bits per heavy atom. The molecular formula is C30H35Cl2N3O4S. The van der Waals surface area contributed by atoms with Gasteiger partial charge in [0.25, 0.3) is 10.0 Å². The number of carbonyl (C=O) groups excluding carboxylic acids is 2. The second-order valence-corrected chi connectivity index (χ2v) is 12.7. The molecule has 40 heavy (non-hydrogen) atoms. The molecule has 2 unspecified atom stereocenters. The number of anilines is 1. The number of nitrogens with one attached hydrogen (secondary N) is 1. The Balaban J connectivity index is 2.05. The van der Waals surface area contributed by atoms with E-state index >= 15 is 0 Å². The fourth-order valence-corrected chi connectivity index (χ4v) is 5.90. The Bertz CT molecular complexity index is 1420. The van der Waals surface area contributed by atoms with Crippen LogP contribution in [-0.2, 0) is 26.2 Å². The molecule has 3 rings (SSSR count). The van der Waals surface area contributed by atoms with Gasteiger partial charge >= 0.3 is 0 Å². The minimum atomic E-state index is -4.21. The smallest absolute Gasteiger partial charge is 0.264 e. The van der Waals surface area contributed by atoms with E-state index < -0.39 is 28.5 Å². The average molecular weight is 605 g/mol. The summed E-state index contributed by atoms with van der Waals surface area (Å²) < 4.78 is 28.8. The lowest BCUT2D eigenvalue weighted by atomic mass is 10.1. The predicted octanol–water partition coefficient (Wildman–Crippen LogP) is 6.14. The van der Waals surface area contributed by atoms with Gasteiger partial charge in [-0.2, -0.15) is 0 Å². The van der Waals surface area contributed by atoms with Crippen LogP contribution in [0.5, 0.6) is 0 Å². The summed E-state index contributed by atoms with van der Waals surface area (Å²) in [4.78, 5) is 28.5. The largest absolute Gasteiger partial charge is 0.352 e. The Morgan fingerprint density at radius 3 is 1.93 bits per heavy atom. The zero-order chi connectivity index (χ0) is 29.6. The number of rotatable bonds is 11. The van der Waals surface area contributed by atoms with E-state index in [4.69, 9.17) is 23.2 Å². The first-order valence-electron chi connectivity index (χ1n) is 13.0. The van der Waals surface area contributed by atoms with Crippen LogP contribution in [0.2, 0.25) is 10.0 Å². The van der Waals surface area contributed by atoms with E-state index in [0.29, 0.717) is 0 Å². The summed E-state index contributed by atoms with van der Waals surface area (Å²) in [7, 11) is -4.21. The van der Waals surface area contributed by atoms with Crippen molar-refractivity contribution in [3.8, 4) is 0 Å². The van der Waals surface area contributed by atoms with E-state index in [2.05, 4.69) is 5.32 Å². The van der Waals surface area contributed by atoms with Gasteiger partial charge in [-0.25, -0.2) is 8.42 Å². The molecule has 0 aliphatic carbocycles. The molecule has 0 heterocycles. The first kappa shape index (κ1) is 31.5. The topological polar surface area (TPSA) is 86.8 Å². The zero-order valence-corrected chi connectivity index (χ0v) is 25.6. The maximum absolute atomic E-state index is 14.0. The van der Waals surface area contributed by atoms with Crippen LogP contribution in [0.25, 0.3) is 0 Å². The van der Waals surface area contributed by atoms with Gasteiger partial charge in [0.15, 0.2) is 0 Å². The lowest BCUT2D eigenvalue weighted by Crippen LogP contribution is -2.52. The zero-order valence-electron chi connectivity index (χ0n) is 23.3. The molecule has 2 atom stereocenters. The fourth-order valence-electron chi connectivity index (χ4n) is 3.99. The molecule has 0 aromatic heterocycles. The van der Waals surface area contributed by atoms with E-state index in [0.717, 1.165) is 27.4 Å². The van der Waals surface area contributed by atoms with E-state index in [1.807, 2.05) is 52.0 Å². The molecule has 3 aromatic carbocycles. The number of hydrogen-bond acceptors (Lipinski definition) is 4. The highest BCUT2D eigenvalue weighted by Gasteiger charge is 2.33. The molecular weight excluding hydrogens is 569 g/mol. The number of hydrogen-bond donors (Lipinski definition) is 1. The standard InChI is InChI=1S/C30H35Cl2N3O4S/c1-6-22(4)33-30(37)23(5)34(18-24-11-7-20(2)8-12-24)29(36)19-35(27-16-25(31)15-26(32)17-27)40(38,39)28-13-9-21(3)10-14-28/h7-17,22-23H,6,18-19H2,1-5H3,(H,33,37). The van der Waals surface area contributed by atoms with Gasteiger partial charge in [-0.3, -0.25) is 13.9 Å². The normalized spacial score (nSPS) is 12.9. The van der Waals surface area contributed by atoms with Crippen molar-refractivity contribution in [2.24, 2.45) is 0 Å². The van der Waals surface area contributed by atoms with Crippen LogP contribution >= 0.6 is 23.2 Å². The summed E-state index contributed by atoms with van der Waals surface area (Å²) in [6.07, 6.45) is 0.725. The molecule has 0 aliphatic rings. The second-order valence-electron chi connectivity index (χ2n) is 9.95. The van der Waals surface area contributed by atoms with Crippen LogP contribution in [0, 0.1) is 13.8 Å². The van der Waals surface area contributed by atoms with Crippen molar-refractivity contribution in [2.75, 3.05) is 10.8 Å². The number of aryl methyl sites for hydroxylation is 2. The van der Waals surface area contributed by atoms with E-state index in [9.17, 15) is 18.0 Å². The maximum Gasteiger partial charge on any atom is 0.264 e. The molecule has 7 nitrogen and oxygen atoms in total. The third kappa shape index (κ3) is 7.99. The van der Waals surface area contributed by atoms with Crippen LogP contribution in [-0.4, -0.2) is 43.8 Å². The van der Waals surface area contributed by atoms with Crippen molar-refractivity contribution >= 4 is 50.7 Å². The Labute approximate surface area is 247 Å². The Hall–Kier alpha value is -3.07. The van der Waals surface area contributed by atoms with Crippen molar-refractivity contribution < 1.29 is 18.0 Å². The van der Waals surface area contributed by atoms with Crippen LogP contribution in [0.4, 0.5) is 5.69 Å². The Kier molecular flexibility index (Phi) is 10.6. The maximum atomic E-state index is 14.0. The molecule has 0 saturated heterocycles. The summed E-state index contributed by atoms with van der Waals surface area (Å²) in [5, 5.41) is 3.36. The van der Waals surface area contributed by atoms with Gasteiger partial charge in [0.1, 0.15) is 12.6 Å². The molecule has 0 spiro atoms. The number of nitrogens with zero attached hydrogens (tertiary/aromatic N) is 2. The van der Waals surface area contributed by atoms with Gasteiger partial charge in [-0.15, -0.1) is 0 Å². The second kappa shape index (κ2) is 13.5. The molecule has 3 aromatic rings. The highest BCUT2D eigenvalue weighted by atomic mass is 35.5. The lowest BCUT2D eigenvalue weighted by Gasteiger charge is -2.32. The lowest BCUT2D eigenvalue weighted by molar-refractivity contribution is -0.139. The van der Waals surface area contributed by atoms with Crippen LogP contribution in [0.15, 0.2) is 71.6 Å². The molecule has 214 valence electrons. The number of amides is 2. The SMILES string of the molecule is CCC(C)NC(=O)C(C)N(Cc1ccc(C)cc1)C(=O)CN(c1cc(Cl)cc(Cl)c1)S(=O)(=O)c1ccc(C)cc1. The third-order valence-electron chi connectivity index (χ3n) is 6.66. The molecule has 0 radical (unpaired) electrons. The minimum Gasteiger partial charge on any atom is -0.352 e. The first-order valence-corrected chi connectivity index (χ1v) is 15.2. The number of halogens is 2. The van der Waals surface area contributed by atoms with Crippen LogP contribution < -0.4 is 9.62 Å². The van der Waals surface area contributed by atoms with Crippen molar-refractivity contribution in [3.63, 3.8) is 0 Å². The monoisotopic (exact) mass is 603 g/mol. The van der Waals surface area contributed by atoms with Crippen molar-refractivity contribution in [1.29, 1.82) is 0 Å². The van der Waals surface area contributed by atoms with Crippen molar-refractivity contribution in [3.05, 3.63) is 93.5 Å². The van der Waals surface area contributed by atoms with Gasteiger partial charge in [0, 0.05) is 22.6 Å². The van der Waals surface area contributed by atoms with Crippen LogP contribution in [0.1, 0.15) is 43.9 Å². The first-order chi connectivity index (χ1) is 18.8.